The summed E-state index contributed by atoms with van der Waals surface area (Å²) in [5.74, 6) is 0.655. The van der Waals surface area contributed by atoms with Crippen LogP contribution in [0.15, 0.2) is 98.5 Å². The summed E-state index contributed by atoms with van der Waals surface area (Å²) in [5.41, 5.74) is 5.35. The van der Waals surface area contributed by atoms with Gasteiger partial charge in [0.25, 0.3) is 5.91 Å². The normalized spacial score (nSPS) is 11.1. The number of halogens is 1. The van der Waals surface area contributed by atoms with E-state index >= 15 is 0 Å². The van der Waals surface area contributed by atoms with Crippen molar-refractivity contribution in [2.24, 2.45) is 5.10 Å². The number of hydrazone groups is 1. The van der Waals surface area contributed by atoms with E-state index in [9.17, 15) is 4.79 Å². The SMILES string of the molecule is CSc1ccc(/C=N/NC(=O)CSc2nnc(-c3ccccc3)n2-c2ccc(Br)cc2)cc1. The van der Waals surface area contributed by atoms with Crippen molar-refractivity contribution < 1.29 is 4.79 Å². The Labute approximate surface area is 209 Å². The Balaban J connectivity index is 1.47. The summed E-state index contributed by atoms with van der Waals surface area (Å²) in [7, 11) is 0. The first kappa shape index (κ1) is 23.3. The summed E-state index contributed by atoms with van der Waals surface area (Å²) in [6.45, 7) is 0. The van der Waals surface area contributed by atoms with Crippen molar-refractivity contribution in [2.45, 2.75) is 10.1 Å². The fourth-order valence-electron chi connectivity index (χ4n) is 2.99. The van der Waals surface area contributed by atoms with Gasteiger partial charge in [0.05, 0.1) is 12.0 Å². The zero-order valence-electron chi connectivity index (χ0n) is 17.7. The average molecular weight is 538 g/mol. The highest BCUT2D eigenvalue weighted by Crippen LogP contribution is 2.28. The molecular formula is C24H20BrN5OS2. The number of benzene rings is 3. The van der Waals surface area contributed by atoms with E-state index in [-0.39, 0.29) is 11.7 Å². The first-order valence-corrected chi connectivity index (χ1v) is 13.0. The van der Waals surface area contributed by atoms with Crippen LogP contribution in [0.2, 0.25) is 0 Å². The van der Waals surface area contributed by atoms with Crippen molar-refractivity contribution >= 4 is 51.6 Å². The van der Waals surface area contributed by atoms with Crippen LogP contribution in [0.1, 0.15) is 5.56 Å². The van der Waals surface area contributed by atoms with Crippen LogP contribution < -0.4 is 5.43 Å². The van der Waals surface area contributed by atoms with Gasteiger partial charge in [-0.1, -0.05) is 70.2 Å². The van der Waals surface area contributed by atoms with Crippen LogP contribution in [-0.2, 0) is 4.79 Å². The average Bonchev–Trinajstić information content (AvgIpc) is 3.28. The Morgan fingerprint density at radius 2 is 1.76 bits per heavy atom. The lowest BCUT2D eigenvalue weighted by molar-refractivity contribution is -0.118. The molecule has 1 amide bonds. The Kier molecular flexibility index (Phi) is 7.98. The zero-order valence-corrected chi connectivity index (χ0v) is 20.9. The van der Waals surface area contributed by atoms with Crippen molar-refractivity contribution in [3.8, 4) is 17.1 Å². The zero-order chi connectivity index (χ0) is 23.0. The number of amides is 1. The molecule has 0 spiro atoms. The predicted octanol–water partition coefficient (Wildman–Crippen LogP) is 5.66. The molecule has 4 aromatic rings. The van der Waals surface area contributed by atoms with E-state index in [0.29, 0.717) is 11.0 Å². The quantitative estimate of drug-likeness (QED) is 0.178. The minimum atomic E-state index is -0.219. The molecule has 0 aliphatic heterocycles. The van der Waals surface area contributed by atoms with Gasteiger partial charge in [0.1, 0.15) is 0 Å². The molecule has 33 heavy (non-hydrogen) atoms. The summed E-state index contributed by atoms with van der Waals surface area (Å²) in [6, 6.07) is 25.7. The second-order valence-corrected chi connectivity index (χ2v) is 9.58. The molecule has 0 atom stereocenters. The van der Waals surface area contributed by atoms with E-state index in [1.807, 2.05) is 89.7 Å². The fraction of sp³-hybridized carbons (Fsp3) is 0.0833. The number of hydrogen-bond acceptors (Lipinski definition) is 6. The third kappa shape index (κ3) is 6.13. The Hall–Kier alpha value is -2.88. The first-order chi connectivity index (χ1) is 16.1. The summed E-state index contributed by atoms with van der Waals surface area (Å²) < 4.78 is 2.94. The number of carbonyl (C=O) groups excluding carboxylic acids is 1. The van der Waals surface area contributed by atoms with Crippen LogP contribution >= 0.6 is 39.5 Å². The Bertz CT molecular complexity index is 1240. The first-order valence-electron chi connectivity index (χ1n) is 9.99. The molecule has 0 bridgehead atoms. The molecule has 1 heterocycles. The van der Waals surface area contributed by atoms with Crippen molar-refractivity contribution in [3.05, 3.63) is 88.9 Å². The largest absolute Gasteiger partial charge is 0.272 e. The molecule has 0 fully saturated rings. The van der Waals surface area contributed by atoms with Gasteiger partial charge in [-0.25, -0.2) is 5.43 Å². The van der Waals surface area contributed by atoms with E-state index in [0.717, 1.165) is 21.3 Å². The molecular weight excluding hydrogens is 518 g/mol. The molecule has 166 valence electrons. The van der Waals surface area contributed by atoms with Crippen LogP contribution in [0.3, 0.4) is 0 Å². The third-order valence-electron chi connectivity index (χ3n) is 4.60. The summed E-state index contributed by atoms with van der Waals surface area (Å²) in [6.07, 6.45) is 3.66. The number of carbonyl (C=O) groups is 1. The van der Waals surface area contributed by atoms with Crippen LogP contribution in [0.4, 0.5) is 0 Å². The number of hydrogen-bond donors (Lipinski definition) is 1. The smallest absolute Gasteiger partial charge is 0.250 e. The molecule has 0 aliphatic rings. The van der Waals surface area contributed by atoms with Crippen molar-refractivity contribution in [1.29, 1.82) is 0 Å². The number of aromatic nitrogens is 3. The maximum absolute atomic E-state index is 12.4. The van der Waals surface area contributed by atoms with Crippen molar-refractivity contribution in [1.82, 2.24) is 20.2 Å². The van der Waals surface area contributed by atoms with E-state index in [4.69, 9.17) is 0 Å². The molecule has 0 saturated carbocycles. The van der Waals surface area contributed by atoms with Gasteiger partial charge in [-0.2, -0.15) is 5.10 Å². The van der Waals surface area contributed by atoms with E-state index in [1.165, 1.54) is 16.7 Å². The second kappa shape index (κ2) is 11.3. The van der Waals surface area contributed by atoms with Crippen LogP contribution in [0.25, 0.3) is 17.1 Å². The lowest BCUT2D eigenvalue weighted by Crippen LogP contribution is -2.20. The topological polar surface area (TPSA) is 72.2 Å². The van der Waals surface area contributed by atoms with Crippen molar-refractivity contribution in [3.63, 3.8) is 0 Å². The van der Waals surface area contributed by atoms with Gasteiger partial charge in [-0.05, 0) is 48.2 Å². The van der Waals surface area contributed by atoms with E-state index < -0.39 is 0 Å². The lowest BCUT2D eigenvalue weighted by Gasteiger charge is -2.10. The monoisotopic (exact) mass is 537 g/mol. The number of rotatable bonds is 8. The standard InChI is InChI=1S/C24H20BrN5OS2/c1-32-21-13-7-17(8-14-21)15-26-27-22(31)16-33-24-29-28-23(18-5-3-2-4-6-18)30(24)20-11-9-19(25)10-12-20/h2-15H,16H2,1H3,(H,27,31)/b26-15+. The molecule has 1 aromatic heterocycles. The van der Waals surface area contributed by atoms with Gasteiger partial charge in [0.2, 0.25) is 0 Å². The van der Waals surface area contributed by atoms with Gasteiger partial charge < -0.3 is 0 Å². The second-order valence-electron chi connectivity index (χ2n) is 6.84. The Morgan fingerprint density at radius 1 is 1.03 bits per heavy atom. The molecule has 6 nitrogen and oxygen atoms in total. The Morgan fingerprint density at radius 3 is 2.45 bits per heavy atom. The highest BCUT2D eigenvalue weighted by atomic mass is 79.9. The maximum atomic E-state index is 12.4. The summed E-state index contributed by atoms with van der Waals surface area (Å²) >= 11 is 6.46. The number of thioether (sulfide) groups is 2. The van der Waals surface area contributed by atoms with Gasteiger partial charge in [0.15, 0.2) is 11.0 Å². The van der Waals surface area contributed by atoms with Gasteiger partial charge in [0, 0.05) is 20.6 Å². The summed E-state index contributed by atoms with van der Waals surface area (Å²) in [4.78, 5) is 13.5. The molecule has 4 rings (SSSR count). The minimum absolute atomic E-state index is 0.159. The number of nitrogens with zero attached hydrogens (tertiary/aromatic N) is 4. The minimum Gasteiger partial charge on any atom is -0.272 e. The van der Waals surface area contributed by atoms with Gasteiger partial charge >= 0.3 is 0 Å². The molecule has 0 saturated heterocycles. The fourth-order valence-corrected chi connectivity index (χ4v) is 4.41. The predicted molar refractivity (Wildman–Crippen MR) is 139 cm³/mol. The van der Waals surface area contributed by atoms with Crippen molar-refractivity contribution in [2.75, 3.05) is 12.0 Å². The molecule has 0 aliphatic carbocycles. The lowest BCUT2D eigenvalue weighted by atomic mass is 10.2. The molecule has 0 unspecified atom stereocenters. The molecule has 0 radical (unpaired) electrons. The van der Waals surface area contributed by atoms with Crippen LogP contribution in [-0.4, -0.2) is 38.9 Å². The van der Waals surface area contributed by atoms with Crippen LogP contribution in [0, 0.1) is 0 Å². The number of nitrogens with one attached hydrogen (secondary N) is 1. The van der Waals surface area contributed by atoms with E-state index in [1.54, 1.807) is 18.0 Å². The third-order valence-corrected chi connectivity index (χ3v) is 6.80. The summed E-state index contributed by atoms with van der Waals surface area (Å²) in [5, 5.41) is 13.4. The molecule has 9 heteroatoms. The highest BCUT2D eigenvalue weighted by molar-refractivity contribution is 9.10. The maximum Gasteiger partial charge on any atom is 0.250 e. The van der Waals surface area contributed by atoms with Gasteiger partial charge in [-0.15, -0.1) is 22.0 Å². The molecule has 1 N–H and O–H groups in total. The molecule has 3 aromatic carbocycles. The van der Waals surface area contributed by atoms with Gasteiger partial charge in [-0.3, -0.25) is 9.36 Å². The van der Waals surface area contributed by atoms with E-state index in [2.05, 4.69) is 36.7 Å². The van der Waals surface area contributed by atoms with Crippen LogP contribution in [0.5, 0.6) is 0 Å². The highest BCUT2D eigenvalue weighted by Gasteiger charge is 2.17.